The highest BCUT2D eigenvalue weighted by molar-refractivity contribution is 6.02. The minimum Gasteiger partial charge on any atom is -0.495 e. The van der Waals surface area contributed by atoms with Crippen molar-refractivity contribution in [2.75, 3.05) is 19.5 Å². The van der Waals surface area contributed by atoms with Gasteiger partial charge in [-0.1, -0.05) is 0 Å². The quantitative estimate of drug-likeness (QED) is 0.540. The van der Waals surface area contributed by atoms with Crippen LogP contribution in [0.25, 0.3) is 33.4 Å². The molecular weight excluding hydrogens is 370 g/mol. The largest absolute Gasteiger partial charge is 0.495 e. The Morgan fingerprint density at radius 2 is 1.86 bits per heavy atom. The molecule has 29 heavy (non-hydrogen) atoms. The second-order valence-electron chi connectivity index (χ2n) is 6.35. The first kappa shape index (κ1) is 18.4. The summed E-state index contributed by atoms with van der Waals surface area (Å²) in [6.45, 7) is 1.45. The smallest absolute Gasteiger partial charge is 0.222 e. The van der Waals surface area contributed by atoms with E-state index >= 15 is 0 Å². The Kier molecular flexibility index (Phi) is 4.82. The number of hydrogen-bond acceptors (Lipinski definition) is 6. The van der Waals surface area contributed by atoms with Crippen LogP contribution in [0.5, 0.6) is 11.6 Å². The summed E-state index contributed by atoms with van der Waals surface area (Å²) in [6, 6.07) is 9.30. The second kappa shape index (κ2) is 7.59. The monoisotopic (exact) mass is 389 g/mol. The molecule has 4 heterocycles. The Morgan fingerprint density at radius 3 is 2.55 bits per heavy atom. The molecule has 0 atom stereocenters. The molecule has 0 bridgehead atoms. The molecular formula is C21H19N5O3. The van der Waals surface area contributed by atoms with Crippen molar-refractivity contribution in [3.8, 4) is 34.0 Å². The highest BCUT2D eigenvalue weighted by Gasteiger charge is 2.18. The third kappa shape index (κ3) is 3.60. The van der Waals surface area contributed by atoms with Gasteiger partial charge in [0.05, 0.1) is 37.1 Å². The number of carbonyl (C=O) groups excluding carboxylic acids is 1. The molecule has 0 fully saturated rings. The van der Waals surface area contributed by atoms with Crippen LogP contribution >= 0.6 is 0 Å². The van der Waals surface area contributed by atoms with E-state index in [-0.39, 0.29) is 5.91 Å². The molecule has 0 saturated heterocycles. The van der Waals surface area contributed by atoms with Crippen molar-refractivity contribution < 1.29 is 14.3 Å². The average molecular weight is 389 g/mol. The van der Waals surface area contributed by atoms with Crippen LogP contribution in [0.2, 0.25) is 0 Å². The summed E-state index contributed by atoms with van der Waals surface area (Å²) < 4.78 is 10.5. The van der Waals surface area contributed by atoms with Crippen LogP contribution < -0.4 is 14.8 Å². The summed E-state index contributed by atoms with van der Waals surface area (Å²) >= 11 is 0. The van der Waals surface area contributed by atoms with Crippen molar-refractivity contribution in [2.24, 2.45) is 0 Å². The lowest BCUT2D eigenvalue weighted by Crippen LogP contribution is -2.07. The van der Waals surface area contributed by atoms with E-state index in [0.717, 1.165) is 33.4 Å². The van der Waals surface area contributed by atoms with E-state index in [1.54, 1.807) is 38.9 Å². The molecule has 0 spiro atoms. The van der Waals surface area contributed by atoms with Crippen LogP contribution in [0.1, 0.15) is 6.92 Å². The van der Waals surface area contributed by atoms with Crippen molar-refractivity contribution in [1.29, 1.82) is 0 Å². The molecule has 0 unspecified atom stereocenters. The fourth-order valence-corrected chi connectivity index (χ4v) is 3.15. The molecule has 0 aromatic carbocycles. The number of nitrogens with one attached hydrogen (secondary N) is 2. The van der Waals surface area contributed by atoms with Gasteiger partial charge in [0.25, 0.3) is 0 Å². The summed E-state index contributed by atoms with van der Waals surface area (Å²) in [6.07, 6.45) is 5.07. The van der Waals surface area contributed by atoms with E-state index in [9.17, 15) is 4.79 Å². The Balaban J connectivity index is 1.93. The Hall–Kier alpha value is -3.94. The van der Waals surface area contributed by atoms with Crippen molar-refractivity contribution in [3.63, 3.8) is 0 Å². The molecule has 4 aromatic heterocycles. The third-order valence-electron chi connectivity index (χ3n) is 4.43. The number of rotatable bonds is 5. The highest BCUT2D eigenvalue weighted by atomic mass is 16.5. The molecule has 4 aromatic rings. The van der Waals surface area contributed by atoms with Crippen molar-refractivity contribution in [1.82, 2.24) is 19.9 Å². The lowest BCUT2D eigenvalue weighted by Gasteiger charge is -2.08. The normalized spacial score (nSPS) is 10.7. The molecule has 2 N–H and O–H groups in total. The zero-order valence-corrected chi connectivity index (χ0v) is 16.2. The van der Waals surface area contributed by atoms with Gasteiger partial charge in [0.15, 0.2) is 0 Å². The van der Waals surface area contributed by atoms with Gasteiger partial charge in [-0.05, 0) is 18.2 Å². The summed E-state index contributed by atoms with van der Waals surface area (Å²) in [4.78, 5) is 28.0. The van der Waals surface area contributed by atoms with Crippen LogP contribution in [0.15, 0.2) is 48.9 Å². The number of fused-ring (bicyclic) bond motifs is 1. The third-order valence-corrected chi connectivity index (χ3v) is 4.43. The van der Waals surface area contributed by atoms with E-state index in [4.69, 9.17) is 9.47 Å². The first-order valence-electron chi connectivity index (χ1n) is 8.89. The molecule has 1 amide bonds. The molecule has 0 aliphatic heterocycles. The number of H-pyrrole nitrogens is 1. The van der Waals surface area contributed by atoms with Crippen LogP contribution in [0.3, 0.4) is 0 Å². The van der Waals surface area contributed by atoms with Gasteiger partial charge in [-0.25, -0.2) is 9.97 Å². The Bertz CT molecular complexity index is 1180. The van der Waals surface area contributed by atoms with Crippen LogP contribution in [0.4, 0.5) is 5.82 Å². The molecule has 146 valence electrons. The first-order chi connectivity index (χ1) is 14.1. The Morgan fingerprint density at radius 1 is 1.00 bits per heavy atom. The summed E-state index contributed by atoms with van der Waals surface area (Å²) in [5, 5.41) is 2.71. The van der Waals surface area contributed by atoms with E-state index in [0.29, 0.717) is 17.4 Å². The van der Waals surface area contributed by atoms with Crippen LogP contribution in [-0.2, 0) is 4.79 Å². The fraction of sp³-hybridized carbons (Fsp3) is 0.143. The minimum absolute atomic E-state index is 0.183. The number of aromatic amines is 1. The number of nitrogens with zero attached hydrogens (tertiary/aromatic N) is 3. The lowest BCUT2D eigenvalue weighted by atomic mass is 10.0. The number of anilines is 1. The zero-order valence-electron chi connectivity index (χ0n) is 16.2. The maximum absolute atomic E-state index is 11.4. The van der Waals surface area contributed by atoms with E-state index in [2.05, 4.69) is 25.3 Å². The minimum atomic E-state index is -0.183. The predicted molar refractivity (Wildman–Crippen MR) is 110 cm³/mol. The number of carbonyl (C=O) groups is 1. The zero-order chi connectivity index (χ0) is 20.4. The van der Waals surface area contributed by atoms with Gasteiger partial charge in [0, 0.05) is 48.1 Å². The number of ether oxygens (including phenoxy) is 2. The lowest BCUT2D eigenvalue weighted by molar-refractivity contribution is -0.114. The van der Waals surface area contributed by atoms with Gasteiger partial charge in [0.1, 0.15) is 11.6 Å². The number of aromatic nitrogens is 4. The molecule has 8 nitrogen and oxygen atoms in total. The van der Waals surface area contributed by atoms with E-state index in [1.807, 2.05) is 24.3 Å². The number of hydrogen-bond donors (Lipinski definition) is 2. The Labute approximate surface area is 166 Å². The van der Waals surface area contributed by atoms with Crippen molar-refractivity contribution >= 4 is 22.8 Å². The van der Waals surface area contributed by atoms with Gasteiger partial charge < -0.3 is 19.8 Å². The fourth-order valence-electron chi connectivity index (χ4n) is 3.15. The molecule has 0 radical (unpaired) electrons. The van der Waals surface area contributed by atoms with Gasteiger partial charge in [0.2, 0.25) is 11.8 Å². The molecule has 0 saturated carbocycles. The SMILES string of the molecule is COc1cnc2c(-c3ccc(OC)nc3)c(-c3ccnc(NC(C)=O)c3)[nH]c2c1. The van der Waals surface area contributed by atoms with Crippen LogP contribution in [0, 0.1) is 0 Å². The summed E-state index contributed by atoms with van der Waals surface area (Å²) in [5.41, 5.74) is 5.06. The molecule has 0 aliphatic rings. The van der Waals surface area contributed by atoms with Gasteiger partial charge in [-0.3, -0.25) is 9.78 Å². The topological polar surface area (TPSA) is 102 Å². The highest BCUT2D eigenvalue weighted by Crippen LogP contribution is 2.38. The maximum Gasteiger partial charge on any atom is 0.222 e. The standard InChI is InChI=1S/C21H19N5O3/c1-12(27)25-17-8-13(6-7-22-17)20-19(14-4-5-18(29-3)23-10-14)21-16(26-20)9-15(28-2)11-24-21/h4-11,26H,1-3H3,(H,22,25,27). The molecule has 0 aliphatic carbocycles. The van der Waals surface area contributed by atoms with Crippen molar-refractivity contribution in [3.05, 3.63) is 48.9 Å². The van der Waals surface area contributed by atoms with E-state index < -0.39 is 0 Å². The predicted octanol–water partition coefficient (Wildman–Crippen LogP) is 3.66. The number of amides is 1. The second-order valence-corrected chi connectivity index (χ2v) is 6.35. The summed E-state index contributed by atoms with van der Waals surface area (Å²) in [7, 11) is 3.18. The summed E-state index contributed by atoms with van der Waals surface area (Å²) in [5.74, 6) is 1.47. The number of pyridine rings is 3. The van der Waals surface area contributed by atoms with Crippen molar-refractivity contribution in [2.45, 2.75) is 6.92 Å². The van der Waals surface area contributed by atoms with Gasteiger partial charge >= 0.3 is 0 Å². The maximum atomic E-state index is 11.4. The molecule has 4 rings (SSSR count). The van der Waals surface area contributed by atoms with Gasteiger partial charge in [-0.15, -0.1) is 0 Å². The van der Waals surface area contributed by atoms with Gasteiger partial charge in [-0.2, -0.15) is 0 Å². The molecule has 8 heteroatoms. The van der Waals surface area contributed by atoms with E-state index in [1.165, 1.54) is 6.92 Å². The number of methoxy groups -OCH3 is 2. The average Bonchev–Trinajstić information content (AvgIpc) is 3.12. The van der Waals surface area contributed by atoms with Crippen LogP contribution in [-0.4, -0.2) is 40.1 Å². The first-order valence-corrected chi connectivity index (χ1v) is 8.89.